The topological polar surface area (TPSA) is 48.1 Å². The first-order chi connectivity index (χ1) is 12.1. The van der Waals surface area contributed by atoms with Gasteiger partial charge in [0, 0.05) is 57.5 Å². The maximum Gasteiger partial charge on any atom is 0.250 e. The van der Waals surface area contributed by atoms with E-state index in [1.165, 1.54) is 5.69 Å². The lowest BCUT2D eigenvalue weighted by Crippen LogP contribution is -2.54. The minimum Gasteiger partial charge on any atom is -0.369 e. The lowest BCUT2D eigenvalue weighted by molar-refractivity contribution is -0.138. The van der Waals surface area contributed by atoms with Gasteiger partial charge in [0.15, 0.2) is 0 Å². The van der Waals surface area contributed by atoms with Crippen LogP contribution in [0.25, 0.3) is 0 Å². The molecular weight excluding hydrogens is 316 g/mol. The maximum atomic E-state index is 12.3. The summed E-state index contributed by atoms with van der Waals surface area (Å²) in [6.07, 6.45) is -0.333. The number of piperazine rings is 1. The van der Waals surface area contributed by atoms with Crippen LogP contribution in [0, 0.1) is 0 Å². The summed E-state index contributed by atoms with van der Waals surface area (Å²) in [7, 11) is 2.03. The average Bonchev–Trinajstić information content (AvgIpc) is 2.66. The Kier molecular flexibility index (Phi) is 6.29. The molecule has 25 heavy (non-hydrogen) atoms. The standard InChI is InChI=1S/C19H30N4O2/c1-16(14-20-19(24)18-15-21(2)12-13-25-18)22-8-10-23(11-9-22)17-6-4-3-5-7-17/h3-7,16,18H,8-15H2,1-2H3,(H,20,24)/t16-,18-/m1/s1. The molecule has 2 heterocycles. The van der Waals surface area contributed by atoms with Crippen molar-refractivity contribution in [2.24, 2.45) is 0 Å². The highest BCUT2D eigenvalue weighted by atomic mass is 16.5. The Bertz CT molecular complexity index is 546. The summed E-state index contributed by atoms with van der Waals surface area (Å²) in [6.45, 7) is 9.16. The third-order valence-corrected chi connectivity index (χ3v) is 5.19. The van der Waals surface area contributed by atoms with E-state index >= 15 is 0 Å². The van der Waals surface area contributed by atoms with Gasteiger partial charge in [-0.2, -0.15) is 0 Å². The van der Waals surface area contributed by atoms with Crippen molar-refractivity contribution in [2.45, 2.75) is 19.1 Å². The SMILES string of the molecule is C[C@H](CNC(=O)[C@H]1CN(C)CCO1)N1CCN(c2ccccc2)CC1. The molecule has 0 aliphatic carbocycles. The molecule has 6 nitrogen and oxygen atoms in total. The molecule has 0 radical (unpaired) electrons. The fourth-order valence-electron chi connectivity index (χ4n) is 3.49. The number of carbonyl (C=O) groups is 1. The van der Waals surface area contributed by atoms with Crippen LogP contribution in [0.15, 0.2) is 30.3 Å². The Morgan fingerprint density at radius 1 is 1.20 bits per heavy atom. The molecule has 1 N–H and O–H groups in total. The number of amides is 1. The van der Waals surface area contributed by atoms with Gasteiger partial charge in [0.25, 0.3) is 5.91 Å². The van der Waals surface area contributed by atoms with Crippen molar-refractivity contribution in [3.8, 4) is 0 Å². The van der Waals surface area contributed by atoms with Crippen LogP contribution in [0.1, 0.15) is 6.92 Å². The van der Waals surface area contributed by atoms with E-state index in [9.17, 15) is 4.79 Å². The first-order valence-electron chi connectivity index (χ1n) is 9.25. The Labute approximate surface area is 150 Å². The second-order valence-corrected chi connectivity index (χ2v) is 7.07. The van der Waals surface area contributed by atoms with E-state index in [4.69, 9.17) is 4.74 Å². The van der Waals surface area contributed by atoms with Gasteiger partial charge >= 0.3 is 0 Å². The van der Waals surface area contributed by atoms with E-state index in [0.29, 0.717) is 25.7 Å². The first kappa shape index (κ1) is 18.2. The number of nitrogens with zero attached hydrogens (tertiary/aromatic N) is 3. The summed E-state index contributed by atoms with van der Waals surface area (Å²) >= 11 is 0. The number of hydrogen-bond donors (Lipinski definition) is 1. The van der Waals surface area contributed by atoms with Gasteiger partial charge in [-0.1, -0.05) is 18.2 Å². The molecule has 0 aromatic heterocycles. The molecule has 2 aliphatic rings. The van der Waals surface area contributed by atoms with E-state index in [1.807, 2.05) is 7.05 Å². The number of nitrogens with one attached hydrogen (secondary N) is 1. The fraction of sp³-hybridized carbons (Fsp3) is 0.632. The van der Waals surface area contributed by atoms with Crippen LogP contribution in [0.5, 0.6) is 0 Å². The third-order valence-electron chi connectivity index (χ3n) is 5.19. The van der Waals surface area contributed by atoms with Crippen LogP contribution in [0.3, 0.4) is 0 Å². The van der Waals surface area contributed by atoms with Crippen LogP contribution in [-0.2, 0) is 9.53 Å². The van der Waals surface area contributed by atoms with Gasteiger partial charge in [0.05, 0.1) is 6.61 Å². The number of anilines is 1. The molecule has 0 unspecified atom stereocenters. The summed E-state index contributed by atoms with van der Waals surface area (Å²) < 4.78 is 5.58. The average molecular weight is 346 g/mol. The quantitative estimate of drug-likeness (QED) is 0.848. The van der Waals surface area contributed by atoms with Gasteiger partial charge in [-0.3, -0.25) is 9.69 Å². The van der Waals surface area contributed by atoms with Crippen molar-refractivity contribution >= 4 is 11.6 Å². The van der Waals surface area contributed by atoms with Crippen LogP contribution in [0.4, 0.5) is 5.69 Å². The molecular formula is C19H30N4O2. The summed E-state index contributed by atoms with van der Waals surface area (Å²) in [6, 6.07) is 10.9. The Balaban J connectivity index is 1.40. The molecule has 3 rings (SSSR count). The van der Waals surface area contributed by atoms with Crippen LogP contribution < -0.4 is 10.2 Å². The monoisotopic (exact) mass is 346 g/mol. The zero-order valence-corrected chi connectivity index (χ0v) is 15.4. The maximum absolute atomic E-state index is 12.3. The highest BCUT2D eigenvalue weighted by Crippen LogP contribution is 2.16. The van der Waals surface area contributed by atoms with Crippen molar-refractivity contribution in [2.75, 3.05) is 64.4 Å². The Hall–Kier alpha value is -1.63. The normalized spacial score (nSPS) is 24.1. The zero-order valence-electron chi connectivity index (χ0n) is 15.4. The Morgan fingerprint density at radius 3 is 2.60 bits per heavy atom. The van der Waals surface area contributed by atoms with E-state index < -0.39 is 0 Å². The molecule has 2 atom stereocenters. The van der Waals surface area contributed by atoms with E-state index in [1.54, 1.807) is 0 Å². The van der Waals surface area contributed by atoms with Crippen molar-refractivity contribution in [1.82, 2.24) is 15.1 Å². The number of carbonyl (C=O) groups excluding carboxylic acids is 1. The lowest BCUT2D eigenvalue weighted by atomic mass is 10.2. The van der Waals surface area contributed by atoms with Crippen molar-refractivity contribution in [1.29, 1.82) is 0 Å². The molecule has 138 valence electrons. The molecule has 1 aromatic rings. The number of benzene rings is 1. The predicted molar refractivity (Wildman–Crippen MR) is 99.9 cm³/mol. The summed E-state index contributed by atoms with van der Waals surface area (Å²) in [5.41, 5.74) is 1.29. The highest BCUT2D eigenvalue weighted by molar-refractivity contribution is 5.81. The molecule has 2 aliphatic heterocycles. The Morgan fingerprint density at radius 2 is 1.92 bits per heavy atom. The molecule has 0 saturated carbocycles. The van der Waals surface area contributed by atoms with Gasteiger partial charge in [0.1, 0.15) is 6.10 Å². The largest absolute Gasteiger partial charge is 0.369 e. The minimum atomic E-state index is -0.333. The van der Waals surface area contributed by atoms with Crippen LogP contribution >= 0.6 is 0 Å². The number of rotatable bonds is 5. The zero-order chi connectivity index (χ0) is 17.6. The summed E-state index contributed by atoms with van der Waals surface area (Å²) in [5.74, 6) is 0.0151. The molecule has 2 saturated heterocycles. The van der Waals surface area contributed by atoms with Crippen molar-refractivity contribution < 1.29 is 9.53 Å². The number of morpholine rings is 1. The van der Waals surface area contributed by atoms with Crippen LogP contribution in [0.2, 0.25) is 0 Å². The summed E-state index contributed by atoms with van der Waals surface area (Å²) in [4.78, 5) is 19.3. The molecule has 2 fully saturated rings. The highest BCUT2D eigenvalue weighted by Gasteiger charge is 2.26. The second-order valence-electron chi connectivity index (χ2n) is 7.07. The minimum absolute atomic E-state index is 0.0151. The number of para-hydroxylation sites is 1. The fourth-order valence-corrected chi connectivity index (χ4v) is 3.49. The van der Waals surface area contributed by atoms with Crippen molar-refractivity contribution in [3.63, 3.8) is 0 Å². The molecule has 0 bridgehead atoms. The van der Waals surface area contributed by atoms with E-state index in [2.05, 4.69) is 57.3 Å². The van der Waals surface area contributed by atoms with Gasteiger partial charge in [-0.05, 0) is 26.1 Å². The molecule has 0 spiro atoms. The second kappa shape index (κ2) is 8.65. The van der Waals surface area contributed by atoms with Crippen molar-refractivity contribution in [3.05, 3.63) is 30.3 Å². The number of likely N-dealkylation sites (N-methyl/N-ethyl adjacent to an activating group) is 1. The summed E-state index contributed by atoms with van der Waals surface area (Å²) in [5, 5.41) is 3.07. The number of hydrogen-bond acceptors (Lipinski definition) is 5. The van der Waals surface area contributed by atoms with E-state index in [-0.39, 0.29) is 12.0 Å². The molecule has 1 amide bonds. The third kappa shape index (κ3) is 4.93. The smallest absolute Gasteiger partial charge is 0.250 e. The van der Waals surface area contributed by atoms with Crippen LogP contribution in [-0.4, -0.2) is 87.3 Å². The van der Waals surface area contributed by atoms with Gasteiger partial charge in [-0.25, -0.2) is 0 Å². The van der Waals surface area contributed by atoms with E-state index in [0.717, 1.165) is 32.7 Å². The first-order valence-corrected chi connectivity index (χ1v) is 9.25. The van der Waals surface area contributed by atoms with Gasteiger partial charge in [0.2, 0.25) is 0 Å². The molecule has 6 heteroatoms. The predicted octanol–water partition coefficient (Wildman–Crippen LogP) is 0.644. The number of ether oxygens (including phenoxy) is 1. The van der Waals surface area contributed by atoms with Gasteiger partial charge < -0.3 is 19.9 Å². The molecule has 1 aromatic carbocycles. The lowest BCUT2D eigenvalue weighted by Gasteiger charge is -2.39. The van der Waals surface area contributed by atoms with Gasteiger partial charge in [-0.15, -0.1) is 0 Å².